The second-order valence-electron chi connectivity index (χ2n) is 31.9. The van der Waals surface area contributed by atoms with Gasteiger partial charge in [0.15, 0.2) is 5.82 Å². The molecule has 22 heteroatoms. The first-order chi connectivity index (χ1) is 63.1. The number of aryl methyl sites for hydroxylation is 1. The molecular weight excluding hydrogens is 2160 g/mol. The first-order valence-corrected chi connectivity index (χ1v) is 43.2. The predicted molar refractivity (Wildman–Crippen MR) is 523 cm³/mol. The number of rotatable bonds is 16. The summed E-state index contributed by atoms with van der Waals surface area (Å²) < 4.78 is 4.44. The molecule has 0 atom stereocenters. The third kappa shape index (κ3) is 22.1. The van der Waals surface area contributed by atoms with Crippen LogP contribution in [0.25, 0.3) is 45.5 Å². The third-order valence-corrected chi connectivity index (χ3v) is 21.8. The molecule has 9 heterocycles. The Kier molecular flexibility index (Phi) is 33.2. The fourth-order valence-corrected chi connectivity index (χ4v) is 15.4. The van der Waals surface area contributed by atoms with Crippen LogP contribution in [0.4, 0.5) is 68.9 Å². The molecule has 0 bridgehead atoms. The van der Waals surface area contributed by atoms with Gasteiger partial charge < -0.3 is 48.4 Å². The molecule has 4 aliphatic heterocycles. The Morgan fingerprint density at radius 3 is 1.14 bits per heavy atom. The Labute approximate surface area is 817 Å². The van der Waals surface area contributed by atoms with Crippen LogP contribution in [-0.4, -0.2) is 68.9 Å². The number of hydrazone groups is 1. The van der Waals surface area contributed by atoms with Crippen molar-refractivity contribution in [2.24, 2.45) is 5.10 Å². The number of hydrogen-bond donors (Lipinski definition) is 0. The summed E-state index contributed by atoms with van der Waals surface area (Å²) in [5.41, 5.74) is 20.2. The maximum Gasteiger partial charge on any atom is 3.00 e. The van der Waals surface area contributed by atoms with Crippen LogP contribution in [-0.2, 0) is 60.3 Å². The number of fused-ring (bicyclic) bond motifs is 3. The van der Waals surface area contributed by atoms with Crippen molar-refractivity contribution in [3.05, 3.63) is 449 Å². The molecule has 17 aromatic rings. The van der Waals surface area contributed by atoms with Gasteiger partial charge in [-0.2, -0.15) is 127 Å². The average Bonchev–Trinajstić information content (AvgIpc) is 1.67. The maximum atomic E-state index is 4.78. The normalized spacial score (nSPS) is 12.6. The van der Waals surface area contributed by atoms with Crippen molar-refractivity contribution < 1.29 is 60.3 Å². The monoisotopic (exact) mass is 2260 g/mol. The zero-order chi connectivity index (χ0) is 89.1. The number of imidazole rings is 2. The van der Waals surface area contributed by atoms with Gasteiger partial charge in [0.2, 0.25) is 0 Å². The number of para-hydroxylation sites is 8. The fraction of sp³-hybridized carbons (Fsp3) is 0.136. The molecular formula is C110H99Ir3N19-4. The van der Waals surface area contributed by atoms with Crippen LogP contribution in [0.5, 0.6) is 0 Å². The number of hydrogen-bond acceptors (Lipinski definition) is 17. The fourth-order valence-electron chi connectivity index (χ4n) is 15.4. The molecule has 665 valence electrons. The van der Waals surface area contributed by atoms with Crippen LogP contribution < -0.4 is 39.3 Å². The summed E-state index contributed by atoms with van der Waals surface area (Å²) in [7, 11) is 3.95. The zero-order valence-corrected chi connectivity index (χ0v) is 82.3. The van der Waals surface area contributed by atoms with Crippen LogP contribution in [0.2, 0.25) is 0 Å². The number of benzene rings is 12. The van der Waals surface area contributed by atoms with E-state index in [1.165, 1.54) is 39.2 Å². The van der Waals surface area contributed by atoms with Crippen LogP contribution >= 0.6 is 0 Å². The van der Waals surface area contributed by atoms with Crippen molar-refractivity contribution in [2.45, 2.75) is 86.0 Å². The molecule has 5 aromatic heterocycles. The van der Waals surface area contributed by atoms with Crippen LogP contribution in [0.3, 0.4) is 0 Å². The van der Waals surface area contributed by atoms with Gasteiger partial charge in [-0.3, -0.25) is 9.97 Å². The summed E-state index contributed by atoms with van der Waals surface area (Å²) >= 11 is 0. The third-order valence-electron chi connectivity index (χ3n) is 21.8. The molecule has 0 N–H and O–H groups in total. The quantitative estimate of drug-likeness (QED) is 0.0843. The van der Waals surface area contributed by atoms with Gasteiger partial charge in [-0.1, -0.05) is 188 Å². The SMILES string of the molecule is CC(C)c1cccc(C(C)C)c1-n1ccnc1-c1[c-]cccc1.CC(C)c1cccc(C(C)C)c1-n1ccnc1-c1[c-]cccc1.CN1[CH-]N(c2[c-]cccc2)c2nccnc21.Cc1ccccc1-c1ncc2c(n1)N(C)[CH-]N2c1[c-]cccc1.[Ir+3].[Ir+3].[Ir].[c-]1ccccc1N1[CH-]N(c2ccccc2)C(c2ccccc2)=N1.[c-]1ccccc1N1[CH-]N(c2ccccc2)c2nccnc21. The van der Waals surface area contributed by atoms with Gasteiger partial charge in [-0.25, -0.2) is 29.9 Å². The molecule has 0 amide bonds. The second kappa shape index (κ2) is 45.7. The van der Waals surface area contributed by atoms with Crippen LogP contribution in [0, 0.1) is 70.0 Å². The van der Waals surface area contributed by atoms with E-state index in [0.717, 1.165) is 114 Å². The summed E-state index contributed by atoms with van der Waals surface area (Å²) in [4.78, 5) is 50.2. The smallest absolute Gasteiger partial charge is 0.491 e. The van der Waals surface area contributed by atoms with Crippen molar-refractivity contribution >= 4 is 74.7 Å². The van der Waals surface area contributed by atoms with E-state index in [2.05, 4.69) is 250 Å². The van der Waals surface area contributed by atoms with E-state index in [4.69, 9.17) is 10.1 Å². The summed E-state index contributed by atoms with van der Waals surface area (Å²) in [6.45, 7) is 28.0. The van der Waals surface area contributed by atoms with Gasteiger partial charge in [-0.05, 0) is 96.8 Å². The van der Waals surface area contributed by atoms with Crippen molar-refractivity contribution in [3.8, 4) is 45.5 Å². The predicted octanol–water partition coefficient (Wildman–Crippen LogP) is 25.1. The number of anilines is 12. The molecule has 0 saturated heterocycles. The average molecular weight is 2260 g/mol. The summed E-state index contributed by atoms with van der Waals surface area (Å²) in [6, 6.07) is 119. The molecule has 4 aliphatic rings. The van der Waals surface area contributed by atoms with E-state index in [-0.39, 0.29) is 60.3 Å². The second-order valence-corrected chi connectivity index (χ2v) is 31.9. The summed E-state index contributed by atoms with van der Waals surface area (Å²) in [5, 5.41) is 6.63. The Morgan fingerprint density at radius 1 is 0.318 bits per heavy atom. The minimum Gasteiger partial charge on any atom is -0.491 e. The van der Waals surface area contributed by atoms with Crippen LogP contribution in [0.1, 0.15) is 112 Å². The minimum atomic E-state index is 0. The van der Waals surface area contributed by atoms with Gasteiger partial charge in [0.25, 0.3) is 0 Å². The van der Waals surface area contributed by atoms with Crippen LogP contribution in [0.15, 0.2) is 358 Å². The summed E-state index contributed by atoms with van der Waals surface area (Å²) in [5.74, 6) is 9.60. The maximum absolute atomic E-state index is 4.78. The number of amidine groups is 1. The molecule has 0 fully saturated rings. The Balaban J connectivity index is 0.000000134. The molecule has 0 saturated carbocycles. The van der Waals surface area contributed by atoms with E-state index >= 15 is 0 Å². The molecule has 132 heavy (non-hydrogen) atoms. The molecule has 1 radical (unpaired) electrons. The number of nitrogens with zero attached hydrogens (tertiary/aromatic N) is 19. The first-order valence-electron chi connectivity index (χ1n) is 43.2. The van der Waals surface area contributed by atoms with Crippen molar-refractivity contribution in [3.63, 3.8) is 0 Å². The van der Waals surface area contributed by atoms with Crippen molar-refractivity contribution in [2.75, 3.05) is 53.4 Å². The Morgan fingerprint density at radius 2 is 0.697 bits per heavy atom. The molecule has 21 rings (SSSR count). The largest absolute Gasteiger partial charge is 3.00 e. The summed E-state index contributed by atoms with van der Waals surface area (Å²) in [6.07, 6.45) is 16.5. The van der Waals surface area contributed by atoms with Gasteiger partial charge in [0.05, 0.1) is 23.5 Å². The topological polar surface area (TPSA) is 151 Å². The van der Waals surface area contributed by atoms with Gasteiger partial charge in [-0.15, -0.1) is 115 Å². The van der Waals surface area contributed by atoms with Gasteiger partial charge >= 0.3 is 40.2 Å². The number of aromatic nitrogens is 10. The minimum absolute atomic E-state index is 0. The van der Waals surface area contributed by atoms with Crippen molar-refractivity contribution in [1.29, 1.82) is 0 Å². The van der Waals surface area contributed by atoms with E-state index in [0.29, 0.717) is 23.7 Å². The molecule has 12 aromatic carbocycles. The molecule has 19 nitrogen and oxygen atoms in total. The van der Waals surface area contributed by atoms with Crippen molar-refractivity contribution in [1.82, 2.24) is 49.0 Å². The Bertz CT molecular complexity index is 6250. The zero-order valence-electron chi connectivity index (χ0n) is 75.1. The van der Waals surface area contributed by atoms with E-state index in [9.17, 15) is 0 Å². The standard InChI is InChI=1S/2C21H23N2.C20H15N3.C19H16N4.C17H12N4.C12H10N4.3Ir/c2*1-15(2)18-11-8-12-19(16(3)4)20(18)23-14-13-22-21(23)17-9-6-5-7-10-17;1-4-10-17(11-5-1)20-21-23(19-14-8-3-9-15-19)16-22(20)18-12-6-2-7-13-18;1-14-8-6-7-11-16(14)18-20-12-17-19(21-18)22(2)13-23(17)15-9-4-3-5-10-15;1-3-7-14(8-4-1)20-13-21(15-9-5-2-6-10-15)17-16(20)18-11-12-19-17;1-15-9-16(10-5-3-2-4-6-10)12-11(15)13-7-8-14-12;;;/h2*5-9,11-16H,1-4H3;1-14,16H;3-9,11-13H,1-2H3;1-9,11-13H;2-5,7-9H,1H3;;;/q2*-1;4*-2;;2*+3. The van der Waals surface area contributed by atoms with Gasteiger partial charge in [0.1, 0.15) is 34.9 Å². The Hall–Kier alpha value is -13.7. The molecule has 0 spiro atoms. The van der Waals surface area contributed by atoms with E-state index < -0.39 is 0 Å². The van der Waals surface area contributed by atoms with Gasteiger partial charge in [0, 0.05) is 104 Å². The van der Waals surface area contributed by atoms with E-state index in [1.54, 1.807) is 24.8 Å². The first kappa shape index (κ1) is 95.9. The molecule has 0 aliphatic carbocycles. The molecule has 0 unspecified atom stereocenters. The van der Waals surface area contributed by atoms with E-state index in [1.807, 2.05) is 301 Å².